The number of aromatic nitrogens is 2. The van der Waals surface area contributed by atoms with E-state index in [2.05, 4.69) is 26.3 Å². The number of rotatable bonds is 6. The zero-order valence-corrected chi connectivity index (χ0v) is 14.7. The van der Waals surface area contributed by atoms with Crippen LogP contribution in [-0.2, 0) is 18.4 Å². The molecule has 0 aliphatic carbocycles. The van der Waals surface area contributed by atoms with Gasteiger partial charge in [0.2, 0.25) is 5.91 Å². The number of aryl methyl sites for hydroxylation is 1. The van der Waals surface area contributed by atoms with Crippen molar-refractivity contribution in [3.63, 3.8) is 0 Å². The van der Waals surface area contributed by atoms with Crippen LogP contribution in [0.3, 0.4) is 0 Å². The van der Waals surface area contributed by atoms with Gasteiger partial charge in [0, 0.05) is 55.4 Å². The van der Waals surface area contributed by atoms with E-state index in [1.165, 1.54) is 0 Å². The number of hydrogen-bond acceptors (Lipinski definition) is 3. The summed E-state index contributed by atoms with van der Waals surface area (Å²) in [6.07, 6.45) is 3.87. The van der Waals surface area contributed by atoms with Crippen LogP contribution < -0.4 is 5.32 Å². The first-order valence-electron chi connectivity index (χ1n) is 7.21. The average molecular weight is 379 g/mol. The van der Waals surface area contributed by atoms with E-state index in [1.807, 2.05) is 25.4 Å². The van der Waals surface area contributed by atoms with Gasteiger partial charge in [-0.1, -0.05) is 15.9 Å². The van der Waals surface area contributed by atoms with E-state index < -0.39 is 0 Å². The maximum absolute atomic E-state index is 12.1. The fraction of sp³-hybridized carbons (Fsp3) is 0.312. The molecule has 0 atom stereocenters. The van der Waals surface area contributed by atoms with Gasteiger partial charge in [-0.3, -0.25) is 14.3 Å². The van der Waals surface area contributed by atoms with E-state index in [4.69, 9.17) is 0 Å². The Morgan fingerprint density at radius 1 is 1.30 bits per heavy atom. The fourth-order valence-electron chi connectivity index (χ4n) is 2.09. The number of nitrogens with one attached hydrogen (secondary N) is 1. The highest BCUT2D eigenvalue weighted by Gasteiger charge is 2.11. The monoisotopic (exact) mass is 378 g/mol. The lowest BCUT2D eigenvalue weighted by Crippen LogP contribution is -2.31. The highest BCUT2D eigenvalue weighted by atomic mass is 79.9. The predicted molar refractivity (Wildman–Crippen MR) is 90.8 cm³/mol. The topological polar surface area (TPSA) is 67.2 Å². The van der Waals surface area contributed by atoms with Gasteiger partial charge in [-0.05, 0) is 24.3 Å². The Bertz CT molecular complexity index is 682. The molecule has 122 valence electrons. The molecule has 23 heavy (non-hydrogen) atoms. The van der Waals surface area contributed by atoms with Crippen LogP contribution in [0.1, 0.15) is 22.3 Å². The number of carbonyl (C=O) groups excluding carboxylic acids is 2. The molecule has 1 aromatic carbocycles. The van der Waals surface area contributed by atoms with Gasteiger partial charge in [-0.15, -0.1) is 0 Å². The van der Waals surface area contributed by atoms with Crippen LogP contribution in [0, 0.1) is 0 Å². The van der Waals surface area contributed by atoms with Gasteiger partial charge in [0.05, 0.1) is 6.20 Å². The van der Waals surface area contributed by atoms with Crippen molar-refractivity contribution in [1.29, 1.82) is 0 Å². The Morgan fingerprint density at radius 3 is 2.61 bits per heavy atom. The van der Waals surface area contributed by atoms with Crippen LogP contribution >= 0.6 is 15.9 Å². The van der Waals surface area contributed by atoms with Crippen LogP contribution in [0.2, 0.25) is 0 Å². The number of amides is 2. The molecule has 0 aliphatic rings. The molecule has 0 aliphatic heterocycles. The molecular formula is C16H19BrN4O2. The van der Waals surface area contributed by atoms with Crippen LogP contribution in [-0.4, -0.2) is 40.1 Å². The Labute approximate surface area is 143 Å². The maximum atomic E-state index is 12.1. The van der Waals surface area contributed by atoms with Gasteiger partial charge in [-0.25, -0.2) is 0 Å². The molecule has 0 spiro atoms. The Morgan fingerprint density at radius 2 is 2.00 bits per heavy atom. The first-order chi connectivity index (χ1) is 11.0. The van der Waals surface area contributed by atoms with Gasteiger partial charge in [0.15, 0.2) is 0 Å². The van der Waals surface area contributed by atoms with Crippen LogP contribution in [0.4, 0.5) is 0 Å². The molecule has 1 heterocycles. The lowest BCUT2D eigenvalue weighted by molar-refractivity contribution is -0.130. The van der Waals surface area contributed by atoms with Crippen molar-refractivity contribution in [3.8, 4) is 0 Å². The third-order valence-electron chi connectivity index (χ3n) is 3.33. The summed E-state index contributed by atoms with van der Waals surface area (Å²) in [6.45, 7) is 0.818. The molecule has 0 unspecified atom stereocenters. The second-order valence-corrected chi connectivity index (χ2v) is 6.20. The number of carbonyl (C=O) groups is 2. The molecular weight excluding hydrogens is 360 g/mol. The highest BCUT2D eigenvalue weighted by molar-refractivity contribution is 9.10. The van der Waals surface area contributed by atoms with E-state index in [1.54, 1.807) is 35.0 Å². The summed E-state index contributed by atoms with van der Waals surface area (Å²) in [5, 5.41) is 6.83. The quantitative estimate of drug-likeness (QED) is 0.835. The normalized spacial score (nSPS) is 10.4. The molecule has 0 saturated carbocycles. The smallest absolute Gasteiger partial charge is 0.251 e. The summed E-state index contributed by atoms with van der Waals surface area (Å²) in [7, 11) is 3.58. The summed E-state index contributed by atoms with van der Waals surface area (Å²) in [4.78, 5) is 25.6. The van der Waals surface area contributed by atoms with Crippen molar-refractivity contribution in [2.75, 3.05) is 13.6 Å². The average Bonchev–Trinajstić information content (AvgIpc) is 2.92. The van der Waals surface area contributed by atoms with Crippen molar-refractivity contribution in [3.05, 3.63) is 52.3 Å². The number of benzene rings is 1. The molecule has 2 rings (SSSR count). The lowest BCUT2D eigenvalue weighted by Gasteiger charge is -2.16. The van der Waals surface area contributed by atoms with Gasteiger partial charge < -0.3 is 10.2 Å². The minimum atomic E-state index is -0.180. The van der Waals surface area contributed by atoms with Crippen LogP contribution in [0.15, 0.2) is 41.1 Å². The predicted octanol–water partition coefficient (Wildman–Crippen LogP) is 1.96. The summed E-state index contributed by atoms with van der Waals surface area (Å²) in [6, 6.07) is 7.08. The second-order valence-electron chi connectivity index (χ2n) is 5.28. The maximum Gasteiger partial charge on any atom is 0.251 e. The van der Waals surface area contributed by atoms with Crippen molar-refractivity contribution >= 4 is 27.7 Å². The van der Waals surface area contributed by atoms with Crippen molar-refractivity contribution < 1.29 is 9.59 Å². The summed E-state index contributed by atoms with van der Waals surface area (Å²) < 4.78 is 2.62. The van der Waals surface area contributed by atoms with Gasteiger partial charge in [0.1, 0.15) is 0 Å². The summed E-state index contributed by atoms with van der Waals surface area (Å²) >= 11 is 3.32. The van der Waals surface area contributed by atoms with E-state index in [0.717, 1.165) is 10.0 Å². The van der Waals surface area contributed by atoms with Crippen LogP contribution in [0.5, 0.6) is 0 Å². The van der Waals surface area contributed by atoms with Crippen molar-refractivity contribution in [2.45, 2.75) is 13.0 Å². The van der Waals surface area contributed by atoms with Crippen LogP contribution in [0.25, 0.3) is 0 Å². The molecule has 1 aromatic heterocycles. The molecule has 0 fully saturated rings. The summed E-state index contributed by atoms with van der Waals surface area (Å²) in [5.41, 5.74) is 1.55. The SMILES string of the molecule is CN(Cc1cnn(C)c1)C(=O)CCNC(=O)c1ccc(Br)cc1. The van der Waals surface area contributed by atoms with Gasteiger partial charge in [-0.2, -0.15) is 5.10 Å². The standard InChI is InChI=1S/C16H19BrN4O2/c1-20(10-12-9-19-21(2)11-12)15(22)7-8-18-16(23)13-3-5-14(17)6-4-13/h3-6,9,11H,7-8,10H2,1-2H3,(H,18,23). The van der Waals surface area contributed by atoms with E-state index >= 15 is 0 Å². The van der Waals surface area contributed by atoms with E-state index in [0.29, 0.717) is 18.7 Å². The van der Waals surface area contributed by atoms with E-state index in [-0.39, 0.29) is 18.2 Å². The van der Waals surface area contributed by atoms with Gasteiger partial charge >= 0.3 is 0 Å². The molecule has 0 radical (unpaired) electrons. The van der Waals surface area contributed by atoms with Crippen molar-refractivity contribution in [2.24, 2.45) is 7.05 Å². The first kappa shape index (κ1) is 17.2. The summed E-state index contributed by atoms with van der Waals surface area (Å²) in [5.74, 6) is -0.204. The minimum Gasteiger partial charge on any atom is -0.352 e. The largest absolute Gasteiger partial charge is 0.352 e. The Kier molecular flexibility index (Phi) is 5.92. The van der Waals surface area contributed by atoms with Crippen molar-refractivity contribution in [1.82, 2.24) is 20.0 Å². The molecule has 2 amide bonds. The minimum absolute atomic E-state index is 0.0232. The first-order valence-corrected chi connectivity index (χ1v) is 8.00. The number of nitrogens with zero attached hydrogens (tertiary/aromatic N) is 3. The zero-order valence-electron chi connectivity index (χ0n) is 13.1. The molecule has 6 nitrogen and oxygen atoms in total. The highest BCUT2D eigenvalue weighted by Crippen LogP contribution is 2.10. The molecule has 0 bridgehead atoms. The fourth-order valence-corrected chi connectivity index (χ4v) is 2.36. The third-order valence-corrected chi connectivity index (χ3v) is 3.86. The second kappa shape index (κ2) is 7.92. The number of hydrogen-bond donors (Lipinski definition) is 1. The third kappa shape index (κ3) is 5.21. The van der Waals surface area contributed by atoms with Gasteiger partial charge in [0.25, 0.3) is 5.91 Å². The molecule has 1 N–H and O–H groups in total. The Balaban J connectivity index is 1.75. The number of halogens is 1. The van der Waals surface area contributed by atoms with E-state index in [9.17, 15) is 9.59 Å². The molecule has 0 saturated heterocycles. The zero-order chi connectivity index (χ0) is 16.8. The molecule has 7 heteroatoms. The lowest BCUT2D eigenvalue weighted by atomic mass is 10.2. The molecule has 2 aromatic rings. The Hall–Kier alpha value is -2.15.